The normalized spacial score (nSPS) is 14.6. The van der Waals surface area contributed by atoms with Crippen molar-refractivity contribution in [1.82, 2.24) is 10.6 Å². The summed E-state index contributed by atoms with van der Waals surface area (Å²) in [7, 11) is 0. The molecule has 1 aromatic carbocycles. The Bertz CT molecular complexity index is 623. The summed E-state index contributed by atoms with van der Waals surface area (Å²) in [5, 5.41) is 5.70. The molecule has 0 aliphatic rings. The van der Waals surface area contributed by atoms with Gasteiger partial charge in [-0.1, -0.05) is 45.9 Å². The summed E-state index contributed by atoms with van der Waals surface area (Å²) in [6, 6.07) is 4.50. The van der Waals surface area contributed by atoms with Crippen molar-refractivity contribution in [3.63, 3.8) is 0 Å². The topological polar surface area (TPSA) is 93.5 Å². The van der Waals surface area contributed by atoms with Gasteiger partial charge in [0.25, 0.3) is 0 Å². The van der Waals surface area contributed by atoms with Crippen LogP contribution in [0.2, 0.25) is 0 Å². The molecule has 6 heteroatoms. The van der Waals surface area contributed by atoms with Crippen LogP contribution in [0.5, 0.6) is 5.75 Å². The molecule has 0 radical (unpaired) electrons. The Kier molecular flexibility index (Phi) is 8.76. The summed E-state index contributed by atoms with van der Waals surface area (Å²) < 4.78 is 5.90. The van der Waals surface area contributed by atoms with Gasteiger partial charge in [-0.15, -0.1) is 0 Å². The second-order valence-corrected chi connectivity index (χ2v) is 7.94. The molecule has 0 heterocycles. The summed E-state index contributed by atoms with van der Waals surface area (Å²) in [4.78, 5) is 24.9. The van der Waals surface area contributed by atoms with Gasteiger partial charge in [-0.2, -0.15) is 0 Å². The summed E-state index contributed by atoms with van der Waals surface area (Å²) in [6.07, 6.45) is 0. The van der Waals surface area contributed by atoms with E-state index in [0.29, 0.717) is 6.61 Å². The van der Waals surface area contributed by atoms with Gasteiger partial charge in [0.2, 0.25) is 11.8 Å². The van der Waals surface area contributed by atoms with E-state index in [0.717, 1.165) is 16.9 Å². The summed E-state index contributed by atoms with van der Waals surface area (Å²) >= 11 is 0. The highest BCUT2D eigenvalue weighted by Crippen LogP contribution is 2.22. The fourth-order valence-electron chi connectivity index (χ4n) is 2.70. The van der Waals surface area contributed by atoms with Gasteiger partial charge >= 0.3 is 0 Å². The van der Waals surface area contributed by atoms with Crippen LogP contribution < -0.4 is 21.1 Å². The monoisotopic (exact) mass is 377 g/mol. The number of nitrogens with two attached hydrogens (primary N) is 1. The van der Waals surface area contributed by atoms with E-state index in [1.807, 2.05) is 66.7 Å². The molecule has 2 amide bonds. The number of rotatable bonds is 9. The third-order valence-corrected chi connectivity index (χ3v) is 4.54. The maximum atomic E-state index is 12.6. The van der Waals surface area contributed by atoms with Crippen molar-refractivity contribution < 1.29 is 14.3 Å². The molecule has 27 heavy (non-hydrogen) atoms. The van der Waals surface area contributed by atoms with Crippen molar-refractivity contribution in [3.8, 4) is 5.75 Å². The molecule has 4 N–H and O–H groups in total. The van der Waals surface area contributed by atoms with Crippen LogP contribution in [0.25, 0.3) is 0 Å². The molecule has 0 aromatic heterocycles. The molecule has 1 aromatic rings. The van der Waals surface area contributed by atoms with Crippen LogP contribution >= 0.6 is 0 Å². The first kappa shape index (κ1) is 23.0. The lowest BCUT2D eigenvalue weighted by molar-refractivity contribution is -0.131. The summed E-state index contributed by atoms with van der Waals surface area (Å²) in [5.74, 6) is 0.256. The number of amides is 2. The van der Waals surface area contributed by atoms with Crippen molar-refractivity contribution in [2.75, 3.05) is 6.61 Å². The van der Waals surface area contributed by atoms with Gasteiger partial charge in [0.05, 0.1) is 12.1 Å². The highest BCUT2D eigenvalue weighted by molar-refractivity contribution is 5.90. The van der Waals surface area contributed by atoms with E-state index in [9.17, 15) is 9.59 Å². The van der Waals surface area contributed by atoms with E-state index >= 15 is 0 Å². The lowest BCUT2D eigenvalue weighted by atomic mass is 10.00. The Labute approximate surface area is 163 Å². The number of hydrogen-bond donors (Lipinski definition) is 3. The summed E-state index contributed by atoms with van der Waals surface area (Å²) in [5.41, 5.74) is 8.00. The third-order valence-electron chi connectivity index (χ3n) is 4.54. The van der Waals surface area contributed by atoms with Crippen LogP contribution in [0.3, 0.4) is 0 Å². The van der Waals surface area contributed by atoms with E-state index in [2.05, 4.69) is 10.6 Å². The van der Waals surface area contributed by atoms with Crippen molar-refractivity contribution in [2.24, 2.45) is 17.6 Å². The first-order valence-electron chi connectivity index (χ1n) is 9.59. The average molecular weight is 378 g/mol. The number of aryl methyl sites for hydroxylation is 2. The zero-order chi connectivity index (χ0) is 20.7. The molecule has 1 rings (SSSR count). The number of para-hydroxylation sites is 1. The highest BCUT2D eigenvalue weighted by Gasteiger charge is 2.28. The Morgan fingerprint density at radius 2 is 1.52 bits per heavy atom. The number of benzene rings is 1. The molecular weight excluding hydrogens is 342 g/mol. The fourth-order valence-corrected chi connectivity index (χ4v) is 2.70. The number of ether oxygens (including phenoxy) is 1. The minimum absolute atomic E-state index is 0.00514. The quantitative estimate of drug-likeness (QED) is 0.616. The van der Waals surface area contributed by atoms with E-state index in [1.165, 1.54) is 0 Å². The maximum Gasteiger partial charge on any atom is 0.243 e. The molecule has 152 valence electrons. The highest BCUT2D eigenvalue weighted by atomic mass is 16.5. The smallest absolute Gasteiger partial charge is 0.243 e. The van der Waals surface area contributed by atoms with Gasteiger partial charge in [-0.05, 0) is 43.7 Å². The van der Waals surface area contributed by atoms with Crippen LogP contribution in [-0.4, -0.2) is 36.5 Å². The SMILES string of the molecule is Cc1cccc(C)c1OCC(C)NC(=O)[C@H](NC(=O)[C@H](N)C(C)C)C(C)C. The largest absolute Gasteiger partial charge is 0.491 e. The predicted molar refractivity (Wildman–Crippen MR) is 109 cm³/mol. The zero-order valence-corrected chi connectivity index (χ0v) is 17.6. The molecular formula is C21H35N3O3. The van der Waals surface area contributed by atoms with E-state index < -0.39 is 12.1 Å². The van der Waals surface area contributed by atoms with Gasteiger partial charge in [0.15, 0.2) is 0 Å². The maximum absolute atomic E-state index is 12.6. The Hall–Kier alpha value is -2.08. The molecule has 3 atom stereocenters. The molecule has 6 nitrogen and oxygen atoms in total. The van der Waals surface area contributed by atoms with Gasteiger partial charge < -0.3 is 21.1 Å². The average Bonchev–Trinajstić information content (AvgIpc) is 2.57. The Balaban J connectivity index is 2.66. The van der Waals surface area contributed by atoms with Gasteiger partial charge in [-0.25, -0.2) is 0 Å². The third kappa shape index (κ3) is 6.86. The van der Waals surface area contributed by atoms with Crippen LogP contribution in [0.1, 0.15) is 45.7 Å². The molecule has 0 aliphatic heterocycles. The first-order valence-corrected chi connectivity index (χ1v) is 9.59. The van der Waals surface area contributed by atoms with Gasteiger partial charge in [0, 0.05) is 0 Å². The lowest BCUT2D eigenvalue weighted by Crippen LogP contribution is -2.56. The van der Waals surface area contributed by atoms with Crippen molar-refractivity contribution in [2.45, 2.75) is 66.6 Å². The van der Waals surface area contributed by atoms with Crippen LogP contribution in [0.4, 0.5) is 0 Å². The van der Waals surface area contributed by atoms with E-state index in [4.69, 9.17) is 10.5 Å². The predicted octanol–water partition coefficient (Wildman–Crippen LogP) is 2.31. The fraction of sp³-hybridized carbons (Fsp3) is 0.619. The van der Waals surface area contributed by atoms with Crippen molar-refractivity contribution in [1.29, 1.82) is 0 Å². The summed E-state index contributed by atoms with van der Waals surface area (Å²) in [6.45, 7) is 13.8. The van der Waals surface area contributed by atoms with Crippen LogP contribution in [-0.2, 0) is 9.59 Å². The van der Waals surface area contributed by atoms with Crippen LogP contribution in [0.15, 0.2) is 18.2 Å². The molecule has 0 fully saturated rings. The molecule has 0 aliphatic carbocycles. The lowest BCUT2D eigenvalue weighted by Gasteiger charge is -2.26. The second-order valence-electron chi connectivity index (χ2n) is 7.94. The van der Waals surface area contributed by atoms with Gasteiger partial charge in [0.1, 0.15) is 18.4 Å². The Morgan fingerprint density at radius 3 is 2.00 bits per heavy atom. The van der Waals surface area contributed by atoms with Crippen molar-refractivity contribution >= 4 is 11.8 Å². The van der Waals surface area contributed by atoms with Crippen molar-refractivity contribution in [3.05, 3.63) is 29.3 Å². The van der Waals surface area contributed by atoms with Gasteiger partial charge in [-0.3, -0.25) is 9.59 Å². The first-order chi connectivity index (χ1) is 12.5. The number of nitrogens with one attached hydrogen (secondary N) is 2. The van der Waals surface area contributed by atoms with E-state index in [-0.39, 0.29) is 29.7 Å². The number of carbonyl (C=O) groups is 2. The number of carbonyl (C=O) groups excluding carboxylic acids is 2. The molecule has 0 saturated carbocycles. The van der Waals surface area contributed by atoms with Crippen LogP contribution in [0, 0.1) is 25.7 Å². The minimum atomic E-state index is -0.635. The Morgan fingerprint density at radius 1 is 0.963 bits per heavy atom. The number of hydrogen-bond acceptors (Lipinski definition) is 4. The minimum Gasteiger partial charge on any atom is -0.491 e. The molecule has 1 unspecified atom stereocenters. The molecule has 0 saturated heterocycles. The second kappa shape index (κ2) is 10.3. The molecule has 0 bridgehead atoms. The zero-order valence-electron chi connectivity index (χ0n) is 17.6. The molecule has 0 spiro atoms. The standard InChI is InChI=1S/C21H35N3O3/c1-12(2)17(22)20(25)24-18(13(3)4)21(26)23-16(7)11-27-19-14(5)9-8-10-15(19)6/h8-10,12-13,16-18H,11,22H2,1-7H3,(H,23,26)(H,24,25)/t16?,17-,18-/m1/s1. The van der Waals surface area contributed by atoms with E-state index in [1.54, 1.807) is 0 Å².